The van der Waals surface area contributed by atoms with Crippen molar-refractivity contribution < 1.29 is 14.3 Å². The molecule has 0 unspecified atom stereocenters. The van der Waals surface area contributed by atoms with Crippen molar-refractivity contribution in [2.24, 2.45) is 11.8 Å². The zero-order chi connectivity index (χ0) is 17.9. The Morgan fingerprint density at radius 2 is 2.08 bits per heavy atom. The Labute approximate surface area is 150 Å². The smallest absolute Gasteiger partial charge is 0.229 e. The molecule has 7 nitrogen and oxygen atoms in total. The highest BCUT2D eigenvalue weighted by molar-refractivity contribution is 5.92. The van der Waals surface area contributed by atoms with Crippen molar-refractivity contribution in [3.05, 3.63) is 37.0 Å². The number of aliphatic hydroxyl groups is 1. The van der Waals surface area contributed by atoms with Gasteiger partial charge in [-0.25, -0.2) is 15.0 Å². The normalized spacial score (nSPS) is 20.2. The van der Waals surface area contributed by atoms with Crippen LogP contribution in [0.15, 0.2) is 41.4 Å². The van der Waals surface area contributed by atoms with Gasteiger partial charge in [0.1, 0.15) is 0 Å². The van der Waals surface area contributed by atoms with Gasteiger partial charge < -0.3 is 9.52 Å². The van der Waals surface area contributed by atoms with E-state index < -0.39 is 0 Å². The lowest BCUT2D eigenvalue weighted by Crippen LogP contribution is -2.28. The van der Waals surface area contributed by atoms with Crippen molar-refractivity contribution in [2.75, 3.05) is 11.9 Å². The fourth-order valence-corrected chi connectivity index (χ4v) is 3.41. The number of nitrogens with zero attached hydrogens (tertiary/aromatic N) is 3. The van der Waals surface area contributed by atoms with Crippen LogP contribution in [-0.4, -0.2) is 32.6 Å². The van der Waals surface area contributed by atoms with Crippen LogP contribution < -0.4 is 5.32 Å². The highest BCUT2D eigenvalue weighted by Gasteiger charge is 2.26. The number of anilines is 1. The molecule has 2 heterocycles. The van der Waals surface area contributed by atoms with Gasteiger partial charge in [0, 0.05) is 29.7 Å². The number of aliphatic hydroxyl groups excluding tert-OH is 1. The van der Waals surface area contributed by atoms with Gasteiger partial charge in [-0.1, -0.05) is 12.1 Å². The largest absolute Gasteiger partial charge is 0.444 e. The van der Waals surface area contributed by atoms with E-state index in [1.54, 1.807) is 12.4 Å². The summed E-state index contributed by atoms with van der Waals surface area (Å²) in [5.74, 6) is 1.20. The maximum absolute atomic E-state index is 12.5. The molecule has 1 saturated carbocycles. The SMILES string of the molecule is O=C(Nc1ncc2ccc(-c3cnco3)cc2n1)[C@H]1CC[C@H](CO)CC1. The van der Waals surface area contributed by atoms with Crippen molar-refractivity contribution >= 4 is 22.8 Å². The molecule has 1 amide bonds. The van der Waals surface area contributed by atoms with E-state index >= 15 is 0 Å². The van der Waals surface area contributed by atoms with Gasteiger partial charge in [0.15, 0.2) is 12.2 Å². The van der Waals surface area contributed by atoms with Gasteiger partial charge in [0.25, 0.3) is 0 Å². The minimum Gasteiger partial charge on any atom is -0.444 e. The number of aromatic nitrogens is 3. The molecule has 1 aliphatic rings. The van der Waals surface area contributed by atoms with Gasteiger partial charge in [-0.15, -0.1) is 0 Å². The first kappa shape index (κ1) is 16.7. The molecule has 1 aromatic carbocycles. The number of hydrogen-bond donors (Lipinski definition) is 2. The van der Waals surface area contributed by atoms with E-state index in [1.807, 2.05) is 18.2 Å². The van der Waals surface area contributed by atoms with Crippen LogP contribution in [0.4, 0.5) is 5.95 Å². The van der Waals surface area contributed by atoms with E-state index in [9.17, 15) is 9.90 Å². The topological polar surface area (TPSA) is 101 Å². The number of carbonyl (C=O) groups is 1. The first-order valence-corrected chi connectivity index (χ1v) is 8.80. The number of nitrogens with one attached hydrogen (secondary N) is 1. The Hall–Kier alpha value is -2.80. The average Bonchev–Trinajstić information content (AvgIpc) is 3.22. The van der Waals surface area contributed by atoms with E-state index in [-0.39, 0.29) is 18.4 Å². The fourth-order valence-electron chi connectivity index (χ4n) is 3.41. The molecule has 1 aliphatic carbocycles. The molecule has 3 aromatic rings. The molecule has 7 heteroatoms. The summed E-state index contributed by atoms with van der Waals surface area (Å²) in [6.07, 6.45) is 8.08. The van der Waals surface area contributed by atoms with Gasteiger partial charge in [-0.2, -0.15) is 0 Å². The van der Waals surface area contributed by atoms with Crippen molar-refractivity contribution in [2.45, 2.75) is 25.7 Å². The van der Waals surface area contributed by atoms with Crippen molar-refractivity contribution in [1.29, 1.82) is 0 Å². The van der Waals surface area contributed by atoms with Gasteiger partial charge in [-0.05, 0) is 37.7 Å². The summed E-state index contributed by atoms with van der Waals surface area (Å²) in [6.45, 7) is 0.204. The van der Waals surface area contributed by atoms with Crippen LogP contribution in [0.1, 0.15) is 25.7 Å². The number of carbonyl (C=O) groups excluding carboxylic acids is 1. The summed E-state index contributed by atoms with van der Waals surface area (Å²) >= 11 is 0. The minimum atomic E-state index is -0.0490. The summed E-state index contributed by atoms with van der Waals surface area (Å²) in [5, 5.41) is 12.9. The maximum Gasteiger partial charge on any atom is 0.229 e. The molecule has 0 radical (unpaired) electrons. The van der Waals surface area contributed by atoms with Crippen LogP contribution >= 0.6 is 0 Å². The Kier molecular flexibility index (Phi) is 4.62. The molecule has 2 aromatic heterocycles. The molecule has 0 saturated heterocycles. The lowest BCUT2D eigenvalue weighted by molar-refractivity contribution is -0.121. The molecular weight excluding hydrogens is 332 g/mol. The maximum atomic E-state index is 12.5. The number of rotatable bonds is 4. The lowest BCUT2D eigenvalue weighted by Gasteiger charge is -2.26. The summed E-state index contributed by atoms with van der Waals surface area (Å²) < 4.78 is 5.32. The number of benzene rings is 1. The molecule has 26 heavy (non-hydrogen) atoms. The zero-order valence-electron chi connectivity index (χ0n) is 14.3. The summed E-state index contributed by atoms with van der Waals surface area (Å²) in [7, 11) is 0. The average molecular weight is 352 g/mol. The summed E-state index contributed by atoms with van der Waals surface area (Å²) in [6, 6.07) is 5.72. The van der Waals surface area contributed by atoms with Crippen LogP contribution in [0.3, 0.4) is 0 Å². The minimum absolute atomic E-state index is 0.0439. The van der Waals surface area contributed by atoms with Crippen molar-refractivity contribution in [3.63, 3.8) is 0 Å². The molecule has 0 atom stereocenters. The monoisotopic (exact) mass is 352 g/mol. The number of oxazole rings is 1. The van der Waals surface area contributed by atoms with Gasteiger partial charge in [0.2, 0.25) is 11.9 Å². The predicted molar refractivity (Wildman–Crippen MR) is 96.2 cm³/mol. The molecule has 1 fully saturated rings. The third-order valence-electron chi connectivity index (χ3n) is 5.01. The second-order valence-corrected chi connectivity index (χ2v) is 6.72. The number of fused-ring (bicyclic) bond motifs is 1. The molecule has 0 aliphatic heterocycles. The van der Waals surface area contributed by atoms with Crippen molar-refractivity contribution in [3.8, 4) is 11.3 Å². The van der Waals surface area contributed by atoms with Gasteiger partial charge >= 0.3 is 0 Å². The molecule has 0 spiro atoms. The van der Waals surface area contributed by atoms with Gasteiger partial charge in [-0.3, -0.25) is 10.1 Å². The number of amides is 1. The lowest BCUT2D eigenvalue weighted by atomic mass is 9.82. The number of hydrogen-bond acceptors (Lipinski definition) is 6. The summed E-state index contributed by atoms with van der Waals surface area (Å²) in [5.41, 5.74) is 1.60. The van der Waals surface area contributed by atoms with Gasteiger partial charge in [0.05, 0.1) is 11.7 Å². The third kappa shape index (κ3) is 3.43. The van der Waals surface area contributed by atoms with E-state index in [1.165, 1.54) is 6.39 Å². The molecule has 4 rings (SSSR count). The quantitative estimate of drug-likeness (QED) is 0.748. The van der Waals surface area contributed by atoms with Crippen molar-refractivity contribution in [1.82, 2.24) is 15.0 Å². The highest BCUT2D eigenvalue weighted by atomic mass is 16.3. The van der Waals surface area contributed by atoms with E-state index in [0.29, 0.717) is 17.6 Å². The third-order valence-corrected chi connectivity index (χ3v) is 5.01. The molecule has 0 bridgehead atoms. The fraction of sp³-hybridized carbons (Fsp3) is 0.368. The van der Waals surface area contributed by atoms with E-state index in [4.69, 9.17) is 4.42 Å². The standard InChI is InChI=1S/C19H20N4O3/c24-10-12-1-3-13(4-2-12)18(25)23-19-21-8-15-6-5-14(7-16(15)22-19)17-9-20-11-26-17/h5-9,11-13,24H,1-4,10H2,(H,21,22,23,25)/t12-,13-. The molecular formula is C19H20N4O3. The predicted octanol–water partition coefficient (Wildman–Crippen LogP) is 3.02. The first-order valence-electron chi connectivity index (χ1n) is 8.80. The Bertz CT molecular complexity index is 902. The zero-order valence-corrected chi connectivity index (χ0v) is 14.3. The Morgan fingerprint density at radius 3 is 2.81 bits per heavy atom. The second-order valence-electron chi connectivity index (χ2n) is 6.72. The van der Waals surface area contributed by atoms with Crippen LogP contribution in [-0.2, 0) is 4.79 Å². The van der Waals surface area contributed by atoms with Crippen LogP contribution in [0.2, 0.25) is 0 Å². The summed E-state index contributed by atoms with van der Waals surface area (Å²) in [4.78, 5) is 25.1. The molecule has 2 N–H and O–H groups in total. The first-order chi connectivity index (χ1) is 12.7. The van der Waals surface area contributed by atoms with Crippen LogP contribution in [0.5, 0.6) is 0 Å². The second kappa shape index (κ2) is 7.21. The molecule has 134 valence electrons. The highest BCUT2D eigenvalue weighted by Crippen LogP contribution is 2.29. The van der Waals surface area contributed by atoms with Crippen LogP contribution in [0.25, 0.3) is 22.2 Å². The van der Waals surface area contributed by atoms with E-state index in [2.05, 4.69) is 20.3 Å². The Morgan fingerprint density at radius 1 is 1.23 bits per heavy atom. The Balaban J connectivity index is 1.50. The van der Waals surface area contributed by atoms with Crippen LogP contribution in [0, 0.1) is 11.8 Å². The van der Waals surface area contributed by atoms with E-state index in [0.717, 1.165) is 42.1 Å².